The van der Waals surface area contributed by atoms with E-state index >= 15 is 0 Å². The number of fused-ring (bicyclic) bond motifs is 3. The second kappa shape index (κ2) is 4.91. The fourth-order valence-corrected chi connectivity index (χ4v) is 3.54. The number of carbonyl (C=O) groups is 2. The van der Waals surface area contributed by atoms with Crippen LogP contribution in [0.1, 0.15) is 35.6 Å². The number of aliphatic hydroxyl groups is 1. The van der Waals surface area contributed by atoms with Gasteiger partial charge in [0.25, 0.3) is 0 Å². The summed E-state index contributed by atoms with van der Waals surface area (Å²) in [5, 5.41) is 16.7. The van der Waals surface area contributed by atoms with Gasteiger partial charge >= 0.3 is 0 Å². The lowest BCUT2D eigenvalue weighted by Crippen LogP contribution is -2.39. The van der Waals surface area contributed by atoms with Gasteiger partial charge in [-0.25, -0.2) is 0 Å². The van der Waals surface area contributed by atoms with E-state index in [0.717, 1.165) is 23.8 Å². The number of amides is 2. The van der Waals surface area contributed by atoms with Gasteiger partial charge < -0.3 is 9.63 Å². The van der Waals surface area contributed by atoms with Crippen LogP contribution < -0.4 is 5.32 Å². The molecule has 2 atom stereocenters. The van der Waals surface area contributed by atoms with Crippen molar-refractivity contribution in [1.29, 1.82) is 0 Å². The maximum absolute atomic E-state index is 12.0. The molecule has 4 rings (SSSR count). The lowest BCUT2D eigenvalue weighted by molar-refractivity contribution is -0.134. The molecule has 0 saturated carbocycles. The number of imide groups is 1. The fourth-order valence-electron chi connectivity index (χ4n) is 3.54. The summed E-state index contributed by atoms with van der Waals surface area (Å²) in [5.74, 6) is -0.752. The molecule has 1 aliphatic heterocycles. The Bertz CT molecular complexity index is 780. The van der Waals surface area contributed by atoms with E-state index in [1.807, 2.05) is 12.1 Å². The van der Waals surface area contributed by atoms with Gasteiger partial charge in [0, 0.05) is 24.0 Å². The second-order valence-corrected chi connectivity index (χ2v) is 6.11. The topological polar surface area (TPSA) is 92.4 Å². The maximum Gasteiger partial charge on any atom is 0.235 e. The number of nitrogens with zero attached hydrogens (tertiary/aromatic N) is 1. The van der Waals surface area contributed by atoms with E-state index in [4.69, 9.17) is 4.52 Å². The van der Waals surface area contributed by atoms with E-state index in [9.17, 15) is 14.7 Å². The van der Waals surface area contributed by atoms with Gasteiger partial charge in [0.1, 0.15) is 5.69 Å². The highest BCUT2D eigenvalue weighted by Gasteiger charge is 2.33. The first kappa shape index (κ1) is 13.5. The summed E-state index contributed by atoms with van der Waals surface area (Å²) in [5.41, 5.74) is 3.59. The third-order valence-electron chi connectivity index (χ3n) is 4.70. The summed E-state index contributed by atoms with van der Waals surface area (Å²) >= 11 is 0. The Kier molecular flexibility index (Phi) is 3.00. The molecule has 1 aromatic carbocycles. The minimum atomic E-state index is -0.438. The Morgan fingerprint density at radius 1 is 1.32 bits per heavy atom. The molecule has 2 heterocycles. The summed E-state index contributed by atoms with van der Waals surface area (Å²) in [6.45, 7) is 0.157. The first-order chi connectivity index (χ1) is 10.7. The van der Waals surface area contributed by atoms with Crippen LogP contribution in [0.15, 0.2) is 16.7 Å². The Hall–Kier alpha value is -2.21. The van der Waals surface area contributed by atoms with Gasteiger partial charge in [0.05, 0.1) is 5.92 Å². The van der Waals surface area contributed by atoms with Gasteiger partial charge in [-0.3, -0.25) is 14.9 Å². The van der Waals surface area contributed by atoms with E-state index in [1.54, 1.807) is 0 Å². The Labute approximate surface area is 126 Å². The van der Waals surface area contributed by atoms with Crippen molar-refractivity contribution in [1.82, 2.24) is 10.5 Å². The number of aromatic nitrogens is 1. The summed E-state index contributed by atoms with van der Waals surface area (Å²) in [6.07, 6.45) is 2.40. The van der Waals surface area contributed by atoms with Crippen molar-refractivity contribution in [3.8, 4) is 0 Å². The molecule has 0 spiro atoms. The third kappa shape index (κ3) is 1.94. The van der Waals surface area contributed by atoms with Crippen molar-refractivity contribution in [2.45, 2.75) is 31.6 Å². The number of piperidine rings is 1. The summed E-state index contributed by atoms with van der Waals surface area (Å²) in [6, 6.07) is 3.96. The number of hydrogen-bond donors (Lipinski definition) is 2. The average molecular weight is 300 g/mol. The van der Waals surface area contributed by atoms with Crippen LogP contribution in [0.5, 0.6) is 0 Å². The van der Waals surface area contributed by atoms with Crippen LogP contribution in [-0.4, -0.2) is 28.7 Å². The molecule has 1 aromatic heterocycles. The van der Waals surface area contributed by atoms with Gasteiger partial charge in [0.2, 0.25) is 11.8 Å². The zero-order valence-corrected chi connectivity index (χ0v) is 12.0. The summed E-state index contributed by atoms with van der Waals surface area (Å²) in [7, 11) is 0. The molecule has 1 aliphatic carbocycles. The third-order valence-corrected chi connectivity index (χ3v) is 4.70. The Morgan fingerprint density at radius 3 is 2.95 bits per heavy atom. The number of nitrogens with one attached hydrogen (secondary N) is 1. The molecule has 114 valence electrons. The Balaban J connectivity index is 1.76. The number of hydrogen-bond acceptors (Lipinski definition) is 5. The van der Waals surface area contributed by atoms with Crippen molar-refractivity contribution < 1.29 is 19.2 Å². The molecule has 0 radical (unpaired) electrons. The summed E-state index contributed by atoms with van der Waals surface area (Å²) < 4.78 is 5.52. The van der Waals surface area contributed by atoms with Gasteiger partial charge in [-0.15, -0.1) is 0 Å². The SMILES string of the molecule is O=C1CCC(c2noc3c4c(ccc23)CC(CO)C4)C(=O)N1. The standard InChI is InChI=1S/C16H16N2O4/c19-7-8-5-9-1-2-10-14(18-22-15(10)12(9)6-8)11-3-4-13(20)17-16(11)21/h1-2,8,11,19H,3-7H2,(H,17,20,21). The zero-order chi connectivity index (χ0) is 15.3. The Morgan fingerprint density at radius 2 is 2.18 bits per heavy atom. The molecule has 22 heavy (non-hydrogen) atoms. The minimum absolute atomic E-state index is 0.157. The van der Waals surface area contributed by atoms with Crippen molar-refractivity contribution in [2.75, 3.05) is 6.61 Å². The lowest BCUT2D eigenvalue weighted by atomic mass is 9.92. The van der Waals surface area contributed by atoms with E-state index in [1.165, 1.54) is 5.56 Å². The van der Waals surface area contributed by atoms with Crippen molar-refractivity contribution in [3.63, 3.8) is 0 Å². The molecule has 2 aromatic rings. The van der Waals surface area contributed by atoms with E-state index in [2.05, 4.69) is 10.5 Å². The van der Waals surface area contributed by atoms with Crippen LogP contribution >= 0.6 is 0 Å². The molecular formula is C16H16N2O4. The van der Waals surface area contributed by atoms with E-state index in [0.29, 0.717) is 24.1 Å². The van der Waals surface area contributed by atoms with Gasteiger partial charge in [-0.05, 0) is 36.8 Å². The van der Waals surface area contributed by atoms with Gasteiger partial charge in [0.15, 0.2) is 5.58 Å². The van der Waals surface area contributed by atoms with Crippen molar-refractivity contribution in [3.05, 3.63) is 29.0 Å². The van der Waals surface area contributed by atoms with Crippen LogP contribution in [0.4, 0.5) is 0 Å². The zero-order valence-electron chi connectivity index (χ0n) is 12.0. The molecule has 2 N–H and O–H groups in total. The molecule has 6 heteroatoms. The number of benzene rings is 1. The number of carbonyl (C=O) groups excluding carboxylic acids is 2. The molecule has 0 bridgehead atoms. The van der Waals surface area contributed by atoms with Crippen LogP contribution in [0.3, 0.4) is 0 Å². The first-order valence-electron chi connectivity index (χ1n) is 7.52. The van der Waals surface area contributed by atoms with Crippen molar-refractivity contribution in [2.24, 2.45) is 5.92 Å². The molecule has 1 saturated heterocycles. The van der Waals surface area contributed by atoms with E-state index in [-0.39, 0.29) is 24.3 Å². The molecular weight excluding hydrogens is 284 g/mol. The molecule has 6 nitrogen and oxygen atoms in total. The van der Waals surface area contributed by atoms with Crippen LogP contribution in [0, 0.1) is 5.92 Å². The quantitative estimate of drug-likeness (QED) is 0.809. The van der Waals surface area contributed by atoms with Gasteiger partial charge in [-0.2, -0.15) is 0 Å². The van der Waals surface area contributed by atoms with Crippen LogP contribution in [0.25, 0.3) is 11.0 Å². The molecule has 1 fully saturated rings. The normalized spacial score (nSPS) is 24.6. The van der Waals surface area contributed by atoms with E-state index < -0.39 is 5.92 Å². The van der Waals surface area contributed by atoms with Gasteiger partial charge in [-0.1, -0.05) is 11.2 Å². The highest BCUT2D eigenvalue weighted by atomic mass is 16.5. The molecule has 2 unspecified atom stereocenters. The first-order valence-corrected chi connectivity index (χ1v) is 7.52. The largest absolute Gasteiger partial charge is 0.396 e. The number of rotatable bonds is 2. The highest BCUT2D eigenvalue weighted by molar-refractivity contribution is 6.02. The minimum Gasteiger partial charge on any atom is -0.396 e. The highest BCUT2D eigenvalue weighted by Crippen LogP contribution is 2.37. The fraction of sp³-hybridized carbons (Fsp3) is 0.438. The second-order valence-electron chi connectivity index (χ2n) is 6.11. The van der Waals surface area contributed by atoms with Crippen LogP contribution in [0.2, 0.25) is 0 Å². The average Bonchev–Trinajstić information content (AvgIpc) is 3.09. The lowest BCUT2D eigenvalue weighted by Gasteiger charge is -2.18. The monoisotopic (exact) mass is 300 g/mol. The maximum atomic E-state index is 12.0. The smallest absolute Gasteiger partial charge is 0.235 e. The molecule has 2 amide bonds. The van der Waals surface area contributed by atoms with Crippen molar-refractivity contribution >= 4 is 22.8 Å². The predicted octanol–water partition coefficient (Wildman–Crippen LogP) is 1.06. The summed E-state index contributed by atoms with van der Waals surface area (Å²) in [4.78, 5) is 23.3. The predicted molar refractivity (Wildman–Crippen MR) is 77.1 cm³/mol. The van der Waals surface area contributed by atoms with Crippen LogP contribution in [-0.2, 0) is 22.4 Å². The molecule has 2 aliphatic rings. The number of aliphatic hydroxyl groups excluding tert-OH is 1.